The summed E-state index contributed by atoms with van der Waals surface area (Å²) in [6.45, 7) is 5.00. The first kappa shape index (κ1) is 77.6. The van der Waals surface area contributed by atoms with E-state index in [1.807, 2.05) is 0 Å². The summed E-state index contributed by atoms with van der Waals surface area (Å²) in [5, 5.41) is 23.4. The number of aliphatic hydroxyl groups is 2. The van der Waals surface area contributed by atoms with Gasteiger partial charge in [-0.05, 0) is 51.4 Å². The van der Waals surface area contributed by atoms with E-state index in [-0.39, 0.29) is 18.5 Å². The molecule has 0 aliphatic rings. The van der Waals surface area contributed by atoms with Crippen molar-refractivity contribution in [1.82, 2.24) is 5.32 Å². The highest BCUT2D eigenvalue weighted by Crippen LogP contribution is 2.19. The van der Waals surface area contributed by atoms with E-state index in [9.17, 15) is 19.8 Å². The summed E-state index contributed by atoms with van der Waals surface area (Å²) >= 11 is 0. The van der Waals surface area contributed by atoms with Gasteiger partial charge in [0, 0.05) is 12.8 Å². The van der Waals surface area contributed by atoms with Crippen LogP contribution in [0.15, 0.2) is 12.2 Å². The molecule has 2 unspecified atom stereocenters. The Morgan fingerprint density at radius 1 is 0.342 bits per heavy atom. The van der Waals surface area contributed by atoms with Crippen LogP contribution in [0.25, 0.3) is 0 Å². The lowest BCUT2D eigenvalue weighted by molar-refractivity contribution is -0.143. The maximum Gasteiger partial charge on any atom is 0.305 e. The molecule has 0 saturated heterocycles. The SMILES string of the molecule is CCCCCCCCCCCCCCCCCCCCCCCCCC(O)C(CO)NC(=O)CCCCCCCCCCCCCC/C=C\CCCCCCCCCCCCCCOC(=O)CCCCCCCCCCCCC. The smallest absolute Gasteiger partial charge is 0.305 e. The van der Waals surface area contributed by atoms with Gasteiger partial charge in [0.1, 0.15) is 0 Å². The van der Waals surface area contributed by atoms with Gasteiger partial charge in [-0.15, -0.1) is 0 Å². The molecule has 0 fully saturated rings. The summed E-state index contributed by atoms with van der Waals surface area (Å²) in [6.07, 6.45) is 85.6. The van der Waals surface area contributed by atoms with Crippen LogP contribution in [0.3, 0.4) is 0 Å². The van der Waals surface area contributed by atoms with Crippen LogP contribution in [0.5, 0.6) is 0 Å². The van der Waals surface area contributed by atoms with E-state index in [4.69, 9.17) is 4.74 Å². The summed E-state index contributed by atoms with van der Waals surface area (Å²) < 4.78 is 5.47. The van der Waals surface area contributed by atoms with Gasteiger partial charge in [-0.1, -0.05) is 366 Å². The summed E-state index contributed by atoms with van der Waals surface area (Å²) in [6, 6.07) is -0.542. The monoisotopic (exact) mass is 1110 g/mol. The van der Waals surface area contributed by atoms with Gasteiger partial charge in [-0.25, -0.2) is 0 Å². The Balaban J connectivity index is 3.38. The Bertz CT molecular complexity index is 1190. The molecule has 0 aliphatic heterocycles. The van der Waals surface area contributed by atoms with Crippen LogP contribution in [0.1, 0.15) is 418 Å². The fourth-order valence-corrected chi connectivity index (χ4v) is 11.8. The Labute approximate surface area is 495 Å². The highest BCUT2D eigenvalue weighted by Gasteiger charge is 2.20. The Morgan fingerprint density at radius 2 is 0.595 bits per heavy atom. The summed E-state index contributed by atoms with van der Waals surface area (Å²) in [4.78, 5) is 24.6. The number of hydrogen-bond donors (Lipinski definition) is 3. The fourth-order valence-electron chi connectivity index (χ4n) is 11.8. The first-order valence-corrected chi connectivity index (χ1v) is 36.4. The van der Waals surface area contributed by atoms with Gasteiger partial charge in [0.25, 0.3) is 0 Å². The molecule has 0 rings (SSSR count). The average molecular weight is 1110 g/mol. The van der Waals surface area contributed by atoms with E-state index in [0.29, 0.717) is 25.9 Å². The maximum absolute atomic E-state index is 12.6. The largest absolute Gasteiger partial charge is 0.466 e. The van der Waals surface area contributed by atoms with Crippen molar-refractivity contribution in [2.45, 2.75) is 431 Å². The summed E-state index contributed by atoms with van der Waals surface area (Å²) in [5.74, 6) is -0.0129. The summed E-state index contributed by atoms with van der Waals surface area (Å²) in [5.41, 5.74) is 0. The predicted molar refractivity (Wildman–Crippen MR) is 347 cm³/mol. The van der Waals surface area contributed by atoms with E-state index in [1.54, 1.807) is 0 Å². The lowest BCUT2D eigenvalue weighted by atomic mass is 10.0. The highest BCUT2D eigenvalue weighted by molar-refractivity contribution is 5.76. The van der Waals surface area contributed by atoms with Gasteiger partial charge >= 0.3 is 5.97 Å². The molecule has 0 bridgehead atoms. The molecule has 0 aromatic rings. The lowest BCUT2D eigenvalue weighted by Crippen LogP contribution is -2.45. The maximum atomic E-state index is 12.6. The lowest BCUT2D eigenvalue weighted by Gasteiger charge is -2.22. The minimum atomic E-state index is -0.665. The highest BCUT2D eigenvalue weighted by atomic mass is 16.5. The Kier molecular flexibility index (Phi) is 67.9. The minimum absolute atomic E-state index is 0.0166. The van der Waals surface area contributed by atoms with Crippen LogP contribution < -0.4 is 5.32 Å². The molecule has 3 N–H and O–H groups in total. The first-order valence-electron chi connectivity index (χ1n) is 36.4. The van der Waals surface area contributed by atoms with Gasteiger partial charge in [0.15, 0.2) is 0 Å². The average Bonchev–Trinajstić information content (AvgIpc) is 3.45. The van der Waals surface area contributed by atoms with Crippen molar-refractivity contribution >= 4 is 11.9 Å². The number of carbonyl (C=O) groups excluding carboxylic acids is 2. The Morgan fingerprint density at radius 3 is 0.899 bits per heavy atom. The van der Waals surface area contributed by atoms with Crippen molar-refractivity contribution < 1.29 is 24.5 Å². The van der Waals surface area contributed by atoms with Crippen LogP contribution in [-0.2, 0) is 14.3 Å². The molecule has 2 atom stereocenters. The van der Waals surface area contributed by atoms with Crippen molar-refractivity contribution in [2.24, 2.45) is 0 Å². The van der Waals surface area contributed by atoms with E-state index in [0.717, 1.165) is 38.5 Å². The quantitative estimate of drug-likeness (QED) is 0.0320. The number of rotatable bonds is 69. The third-order valence-electron chi connectivity index (χ3n) is 17.3. The van der Waals surface area contributed by atoms with Crippen LogP contribution in [0, 0.1) is 0 Å². The molecular weight excluding hydrogens is 971 g/mol. The van der Waals surface area contributed by atoms with Gasteiger partial charge in [0.2, 0.25) is 5.91 Å². The van der Waals surface area contributed by atoms with Gasteiger partial charge in [0.05, 0.1) is 25.4 Å². The van der Waals surface area contributed by atoms with Crippen molar-refractivity contribution in [3.8, 4) is 0 Å². The van der Waals surface area contributed by atoms with Gasteiger partial charge in [-0.3, -0.25) is 9.59 Å². The zero-order chi connectivity index (χ0) is 57.1. The number of allylic oxidation sites excluding steroid dienone is 2. The molecule has 0 aromatic heterocycles. The standard InChI is InChI=1S/C73H143NO5/c1-3-5-7-9-11-13-15-16-17-18-19-20-27-30-33-36-39-42-46-49-53-57-61-65-71(76)70(69-75)74-72(77)66-62-58-54-50-47-43-40-37-34-31-28-25-23-21-22-24-26-29-32-35-38-41-44-48-52-56-60-64-68-79-73(78)67-63-59-55-51-45-14-12-10-8-6-4-2/h21-22,70-71,75-76H,3-20,23-69H2,1-2H3,(H,74,77)/b22-21-. The number of aliphatic hydroxyl groups excluding tert-OH is 2. The minimum Gasteiger partial charge on any atom is -0.466 e. The molecule has 79 heavy (non-hydrogen) atoms. The van der Waals surface area contributed by atoms with E-state index in [2.05, 4.69) is 31.3 Å². The van der Waals surface area contributed by atoms with Crippen molar-refractivity contribution in [3.63, 3.8) is 0 Å². The number of ether oxygens (including phenoxy) is 1. The zero-order valence-electron chi connectivity index (χ0n) is 53.9. The molecule has 0 spiro atoms. The number of nitrogens with one attached hydrogen (secondary N) is 1. The molecule has 6 heteroatoms. The first-order chi connectivity index (χ1) is 39.0. The van der Waals surface area contributed by atoms with Crippen LogP contribution in [-0.4, -0.2) is 47.4 Å². The van der Waals surface area contributed by atoms with Crippen molar-refractivity contribution in [3.05, 3.63) is 12.2 Å². The predicted octanol–water partition coefficient (Wildman–Crippen LogP) is 23.5. The van der Waals surface area contributed by atoms with E-state index < -0.39 is 12.1 Å². The van der Waals surface area contributed by atoms with E-state index in [1.165, 1.54) is 347 Å². The van der Waals surface area contributed by atoms with Crippen LogP contribution in [0.4, 0.5) is 0 Å². The molecule has 0 aromatic carbocycles. The van der Waals surface area contributed by atoms with Gasteiger partial charge < -0.3 is 20.3 Å². The van der Waals surface area contributed by atoms with Crippen molar-refractivity contribution in [1.29, 1.82) is 0 Å². The topological polar surface area (TPSA) is 95.9 Å². The molecule has 470 valence electrons. The Hall–Kier alpha value is -1.40. The second-order valence-corrected chi connectivity index (χ2v) is 25.3. The van der Waals surface area contributed by atoms with Crippen LogP contribution >= 0.6 is 0 Å². The number of hydrogen-bond acceptors (Lipinski definition) is 5. The third-order valence-corrected chi connectivity index (χ3v) is 17.3. The van der Waals surface area contributed by atoms with Crippen LogP contribution in [0.2, 0.25) is 0 Å². The number of esters is 1. The third kappa shape index (κ3) is 65.6. The molecule has 6 nitrogen and oxygen atoms in total. The van der Waals surface area contributed by atoms with Crippen molar-refractivity contribution in [2.75, 3.05) is 13.2 Å². The summed E-state index contributed by atoms with van der Waals surface area (Å²) in [7, 11) is 0. The molecule has 0 radical (unpaired) electrons. The second-order valence-electron chi connectivity index (χ2n) is 25.3. The zero-order valence-corrected chi connectivity index (χ0v) is 53.9. The fraction of sp³-hybridized carbons (Fsp3) is 0.945. The van der Waals surface area contributed by atoms with Gasteiger partial charge in [-0.2, -0.15) is 0 Å². The number of unbranched alkanes of at least 4 members (excludes halogenated alkanes) is 56. The number of amides is 1. The second kappa shape index (κ2) is 69.1. The molecule has 1 amide bonds. The molecule has 0 heterocycles. The molecular formula is C73H143NO5. The van der Waals surface area contributed by atoms with E-state index >= 15 is 0 Å². The molecule has 0 saturated carbocycles. The normalized spacial score (nSPS) is 12.5. The number of carbonyl (C=O) groups is 2. The molecule has 0 aliphatic carbocycles.